The van der Waals surface area contributed by atoms with Gasteiger partial charge in [-0.1, -0.05) is 0 Å². The van der Waals surface area contributed by atoms with Crippen LogP contribution in [0.5, 0.6) is 0 Å². The SMILES string of the molecule is Cc1cc(Nc2ncc(C)s2)cc([C@H]2CCCN2C(=O)c2ccc(=O)n(C)n2)n1. The number of hydrogen-bond acceptors (Lipinski definition) is 7. The van der Waals surface area contributed by atoms with E-state index in [4.69, 9.17) is 4.98 Å². The Morgan fingerprint density at radius 3 is 2.83 bits per heavy atom. The van der Waals surface area contributed by atoms with Crippen molar-refractivity contribution in [3.63, 3.8) is 0 Å². The van der Waals surface area contributed by atoms with Crippen molar-refractivity contribution in [3.05, 3.63) is 62.8 Å². The maximum absolute atomic E-state index is 13.1. The van der Waals surface area contributed by atoms with Crippen LogP contribution in [0.4, 0.5) is 10.8 Å². The standard InChI is InChI=1S/C20H22N6O2S/c1-12-9-14(23-20-21-11-13(2)29-20)10-16(22-12)17-5-4-8-26(17)19(28)15-6-7-18(27)25(3)24-15/h6-7,9-11,17H,4-5,8H2,1-3H3,(H,21,22,23)/t17-/m1/s1. The minimum Gasteiger partial charge on any atom is -0.331 e. The maximum Gasteiger partial charge on any atom is 0.274 e. The molecule has 4 heterocycles. The number of amides is 1. The van der Waals surface area contributed by atoms with Gasteiger partial charge in [-0.2, -0.15) is 5.10 Å². The molecule has 150 valence electrons. The Balaban J connectivity index is 1.61. The Labute approximate surface area is 172 Å². The summed E-state index contributed by atoms with van der Waals surface area (Å²) in [6.45, 7) is 4.59. The number of likely N-dealkylation sites (tertiary alicyclic amines) is 1. The average Bonchev–Trinajstić information content (AvgIpc) is 3.32. The maximum atomic E-state index is 13.1. The fourth-order valence-electron chi connectivity index (χ4n) is 3.55. The zero-order valence-corrected chi connectivity index (χ0v) is 17.4. The molecule has 1 N–H and O–H groups in total. The number of hydrogen-bond donors (Lipinski definition) is 1. The second-order valence-corrected chi connectivity index (χ2v) is 8.39. The van der Waals surface area contributed by atoms with E-state index in [0.717, 1.165) is 39.9 Å². The lowest BCUT2D eigenvalue weighted by molar-refractivity contribution is 0.0724. The summed E-state index contributed by atoms with van der Waals surface area (Å²) in [4.78, 5) is 36.6. The van der Waals surface area contributed by atoms with Gasteiger partial charge in [0.15, 0.2) is 5.13 Å². The molecule has 9 heteroatoms. The van der Waals surface area contributed by atoms with Gasteiger partial charge in [-0.15, -0.1) is 11.3 Å². The number of thiazole rings is 1. The highest BCUT2D eigenvalue weighted by atomic mass is 32.1. The summed E-state index contributed by atoms with van der Waals surface area (Å²) in [7, 11) is 1.54. The highest BCUT2D eigenvalue weighted by Gasteiger charge is 2.32. The molecule has 1 saturated heterocycles. The highest BCUT2D eigenvalue weighted by molar-refractivity contribution is 7.15. The Kier molecular flexibility index (Phi) is 5.14. The zero-order valence-electron chi connectivity index (χ0n) is 16.5. The van der Waals surface area contributed by atoms with Crippen LogP contribution in [0, 0.1) is 13.8 Å². The lowest BCUT2D eigenvalue weighted by Crippen LogP contribution is -2.33. The molecule has 8 nitrogen and oxygen atoms in total. The first kappa shape index (κ1) is 19.3. The summed E-state index contributed by atoms with van der Waals surface area (Å²) in [5.41, 5.74) is 2.65. The van der Waals surface area contributed by atoms with Gasteiger partial charge in [0.05, 0.1) is 11.7 Å². The Morgan fingerprint density at radius 2 is 2.10 bits per heavy atom. The third-order valence-corrected chi connectivity index (χ3v) is 5.71. The van der Waals surface area contributed by atoms with Crippen molar-refractivity contribution in [2.24, 2.45) is 7.05 Å². The summed E-state index contributed by atoms with van der Waals surface area (Å²) in [5.74, 6) is -0.184. The van der Waals surface area contributed by atoms with Crippen molar-refractivity contribution in [1.82, 2.24) is 24.6 Å². The summed E-state index contributed by atoms with van der Waals surface area (Å²) < 4.78 is 1.18. The number of rotatable bonds is 4. The smallest absolute Gasteiger partial charge is 0.274 e. The number of anilines is 2. The van der Waals surface area contributed by atoms with E-state index in [0.29, 0.717) is 6.54 Å². The molecule has 3 aromatic rings. The van der Waals surface area contributed by atoms with Crippen molar-refractivity contribution in [2.75, 3.05) is 11.9 Å². The molecule has 0 aliphatic carbocycles. The van der Waals surface area contributed by atoms with Crippen LogP contribution in [-0.4, -0.2) is 37.1 Å². The average molecular weight is 411 g/mol. The second-order valence-electron chi connectivity index (χ2n) is 7.16. The van der Waals surface area contributed by atoms with Gasteiger partial charge in [0, 0.05) is 42.1 Å². The van der Waals surface area contributed by atoms with Crippen molar-refractivity contribution >= 4 is 28.1 Å². The van der Waals surface area contributed by atoms with E-state index in [1.54, 1.807) is 23.3 Å². The molecular weight excluding hydrogens is 388 g/mol. The largest absolute Gasteiger partial charge is 0.331 e. The van der Waals surface area contributed by atoms with E-state index >= 15 is 0 Å². The zero-order chi connectivity index (χ0) is 20.5. The van der Waals surface area contributed by atoms with Crippen LogP contribution in [0.3, 0.4) is 0 Å². The van der Waals surface area contributed by atoms with Crippen LogP contribution in [0.15, 0.2) is 35.3 Å². The lowest BCUT2D eigenvalue weighted by atomic mass is 10.1. The van der Waals surface area contributed by atoms with Gasteiger partial charge in [-0.3, -0.25) is 14.6 Å². The normalized spacial score (nSPS) is 16.2. The van der Waals surface area contributed by atoms with E-state index in [-0.39, 0.29) is 23.2 Å². The van der Waals surface area contributed by atoms with Gasteiger partial charge in [0.2, 0.25) is 0 Å². The van der Waals surface area contributed by atoms with Gasteiger partial charge in [0.25, 0.3) is 11.5 Å². The van der Waals surface area contributed by atoms with Crippen molar-refractivity contribution < 1.29 is 4.79 Å². The van der Waals surface area contributed by atoms with Crippen molar-refractivity contribution in [3.8, 4) is 0 Å². The van der Waals surface area contributed by atoms with Crippen LogP contribution in [0.25, 0.3) is 0 Å². The van der Waals surface area contributed by atoms with E-state index in [1.165, 1.54) is 16.8 Å². The van der Waals surface area contributed by atoms with Crippen LogP contribution in [0.1, 0.15) is 45.6 Å². The Bertz CT molecular complexity index is 1120. The Morgan fingerprint density at radius 1 is 1.28 bits per heavy atom. The van der Waals surface area contributed by atoms with Gasteiger partial charge in [-0.25, -0.2) is 9.67 Å². The van der Waals surface area contributed by atoms with Crippen LogP contribution in [-0.2, 0) is 7.05 Å². The number of pyridine rings is 1. The monoisotopic (exact) mass is 410 g/mol. The molecule has 0 saturated carbocycles. The fraction of sp³-hybridized carbons (Fsp3) is 0.350. The predicted octanol–water partition coefficient (Wildman–Crippen LogP) is 2.97. The molecule has 0 radical (unpaired) electrons. The number of aryl methyl sites for hydroxylation is 3. The van der Waals surface area contributed by atoms with Gasteiger partial charge in [-0.05, 0) is 44.9 Å². The van der Waals surface area contributed by atoms with E-state index < -0.39 is 0 Å². The fourth-order valence-corrected chi connectivity index (χ4v) is 4.24. The number of aromatic nitrogens is 4. The highest BCUT2D eigenvalue weighted by Crippen LogP contribution is 2.34. The molecule has 1 atom stereocenters. The molecule has 29 heavy (non-hydrogen) atoms. The number of carbonyl (C=O) groups excluding carboxylic acids is 1. The topological polar surface area (TPSA) is 93.0 Å². The van der Waals surface area contributed by atoms with E-state index in [2.05, 4.69) is 15.4 Å². The van der Waals surface area contributed by atoms with E-state index in [9.17, 15) is 9.59 Å². The molecule has 0 aromatic carbocycles. The predicted molar refractivity (Wildman–Crippen MR) is 112 cm³/mol. The molecular formula is C20H22N6O2S. The molecule has 1 fully saturated rings. The first-order chi connectivity index (χ1) is 13.9. The molecule has 0 unspecified atom stereocenters. The third kappa shape index (κ3) is 4.04. The lowest BCUT2D eigenvalue weighted by Gasteiger charge is -2.24. The number of carbonyl (C=O) groups is 1. The quantitative estimate of drug-likeness (QED) is 0.711. The van der Waals surface area contributed by atoms with Crippen LogP contribution >= 0.6 is 11.3 Å². The summed E-state index contributed by atoms with van der Waals surface area (Å²) in [5, 5.41) is 8.27. The first-order valence-electron chi connectivity index (χ1n) is 9.44. The molecule has 0 spiro atoms. The summed E-state index contributed by atoms with van der Waals surface area (Å²) in [6.07, 6.45) is 3.56. The summed E-state index contributed by atoms with van der Waals surface area (Å²) in [6, 6.07) is 6.68. The number of nitrogens with one attached hydrogen (secondary N) is 1. The minimum atomic E-state index is -0.243. The molecule has 1 aliphatic heterocycles. The summed E-state index contributed by atoms with van der Waals surface area (Å²) >= 11 is 1.59. The minimum absolute atomic E-state index is 0.125. The molecule has 0 bridgehead atoms. The van der Waals surface area contributed by atoms with E-state index in [1.807, 2.05) is 32.2 Å². The third-order valence-electron chi connectivity index (χ3n) is 4.88. The van der Waals surface area contributed by atoms with Gasteiger partial charge < -0.3 is 10.2 Å². The molecule has 1 aliphatic rings. The van der Waals surface area contributed by atoms with Crippen molar-refractivity contribution in [2.45, 2.75) is 32.7 Å². The molecule has 3 aromatic heterocycles. The van der Waals surface area contributed by atoms with Crippen LogP contribution in [0.2, 0.25) is 0 Å². The molecule has 4 rings (SSSR count). The Hall–Kier alpha value is -3.07. The second kappa shape index (κ2) is 7.75. The number of nitrogens with zero attached hydrogens (tertiary/aromatic N) is 5. The van der Waals surface area contributed by atoms with Gasteiger partial charge in [0.1, 0.15) is 5.69 Å². The molecule has 1 amide bonds. The first-order valence-corrected chi connectivity index (χ1v) is 10.3. The van der Waals surface area contributed by atoms with Crippen molar-refractivity contribution in [1.29, 1.82) is 0 Å². The van der Waals surface area contributed by atoms with Crippen LogP contribution < -0.4 is 10.9 Å². The van der Waals surface area contributed by atoms with Gasteiger partial charge >= 0.3 is 0 Å².